The molecule has 0 saturated heterocycles. The molecule has 2 unspecified atom stereocenters. The predicted octanol–water partition coefficient (Wildman–Crippen LogP) is 3.81. The molecular weight excluding hydrogens is 426 g/mol. The van der Waals surface area contributed by atoms with Crippen LogP contribution in [0.3, 0.4) is 0 Å². The third kappa shape index (κ3) is 4.52. The van der Waals surface area contributed by atoms with Gasteiger partial charge in [-0.25, -0.2) is 4.21 Å². The van der Waals surface area contributed by atoms with Crippen LogP contribution in [0, 0.1) is 5.92 Å². The van der Waals surface area contributed by atoms with Crippen LogP contribution in [0.15, 0.2) is 33.8 Å². The van der Waals surface area contributed by atoms with Gasteiger partial charge in [0.15, 0.2) is 5.79 Å². The number of carbonyl (C=O) groups is 1. The Labute approximate surface area is 167 Å². The summed E-state index contributed by atoms with van der Waals surface area (Å²) in [5.41, 5.74) is 0.442. The van der Waals surface area contributed by atoms with Crippen molar-refractivity contribution in [3.05, 3.63) is 39.0 Å². The average molecular weight is 444 g/mol. The van der Waals surface area contributed by atoms with Gasteiger partial charge < -0.3 is 15.5 Å². The van der Waals surface area contributed by atoms with Gasteiger partial charge in [0.2, 0.25) is 0 Å². The van der Waals surface area contributed by atoms with Crippen molar-refractivity contribution in [2.45, 2.75) is 37.6 Å². The number of rotatable bonds is 4. The van der Waals surface area contributed by atoms with Crippen molar-refractivity contribution >= 4 is 39.9 Å². The Morgan fingerprint density at radius 2 is 1.78 bits per heavy atom. The minimum absolute atomic E-state index is 0.203. The van der Waals surface area contributed by atoms with E-state index in [1.807, 2.05) is 5.32 Å². The Morgan fingerprint density at radius 1 is 1.26 bits per heavy atom. The Kier molecular flexibility index (Phi) is 6.08. The van der Waals surface area contributed by atoms with Gasteiger partial charge in [-0.3, -0.25) is 4.79 Å². The van der Waals surface area contributed by atoms with E-state index in [4.69, 9.17) is 23.2 Å². The van der Waals surface area contributed by atoms with Crippen LogP contribution in [0.25, 0.3) is 0 Å². The van der Waals surface area contributed by atoms with Gasteiger partial charge in [-0.05, 0) is 31.0 Å². The topological polar surface area (TPSA) is 61.4 Å². The summed E-state index contributed by atoms with van der Waals surface area (Å²) in [6.45, 7) is 4.93. The minimum atomic E-state index is -5.05. The van der Waals surface area contributed by atoms with Crippen LogP contribution in [-0.4, -0.2) is 34.0 Å². The molecule has 1 aromatic rings. The lowest BCUT2D eigenvalue weighted by atomic mass is 10.1. The maximum Gasteiger partial charge on any atom is 0.471 e. The van der Waals surface area contributed by atoms with E-state index >= 15 is 0 Å². The molecule has 5 nitrogen and oxygen atoms in total. The lowest BCUT2D eigenvalue weighted by molar-refractivity contribution is -0.177. The van der Waals surface area contributed by atoms with Crippen LogP contribution in [0.2, 0.25) is 10.0 Å². The highest BCUT2D eigenvalue weighted by molar-refractivity contribution is 7.89. The van der Waals surface area contributed by atoms with Crippen LogP contribution >= 0.6 is 23.2 Å². The maximum atomic E-state index is 13.2. The first kappa shape index (κ1) is 21.8. The van der Waals surface area contributed by atoms with E-state index < -0.39 is 28.7 Å². The molecular formula is C16H18Cl2F3N3O2S. The van der Waals surface area contributed by atoms with Crippen LogP contribution in [0.1, 0.15) is 20.8 Å². The lowest BCUT2D eigenvalue weighted by Gasteiger charge is -2.36. The lowest BCUT2D eigenvalue weighted by Crippen LogP contribution is -2.63. The number of benzene rings is 1. The Bertz CT molecular complexity index is 809. The molecule has 0 aliphatic carbocycles. The van der Waals surface area contributed by atoms with Gasteiger partial charge in [0.25, 0.3) is 0 Å². The molecule has 2 atom stereocenters. The molecule has 0 fully saturated rings. The summed E-state index contributed by atoms with van der Waals surface area (Å²) in [5.74, 6) is -3.92. The van der Waals surface area contributed by atoms with Crippen molar-refractivity contribution < 1.29 is 22.2 Å². The summed E-state index contributed by atoms with van der Waals surface area (Å²) in [6, 6.07) is 4.41. The van der Waals surface area contributed by atoms with E-state index in [9.17, 15) is 22.2 Å². The summed E-state index contributed by atoms with van der Waals surface area (Å²) in [4.78, 5) is 13.1. The van der Waals surface area contributed by atoms with Gasteiger partial charge in [-0.15, -0.1) is 0 Å². The Hall–Kier alpha value is -1.45. The first-order valence-electron chi connectivity index (χ1n) is 7.79. The van der Waals surface area contributed by atoms with Gasteiger partial charge in [0, 0.05) is 22.0 Å². The van der Waals surface area contributed by atoms with Crippen molar-refractivity contribution in [1.82, 2.24) is 15.5 Å². The van der Waals surface area contributed by atoms with Gasteiger partial charge in [0.1, 0.15) is 15.8 Å². The standard InChI is InChI=1S/C16H18Cl2F3N3O2S/c1-8(2)12-13(27(26)11-6-9(17)5-10(18)7-11)24(4)15(3,22-12)23-14(25)16(19,20)21/h5-8,22H,1-4H3,(H,23,25). The Balaban J connectivity index is 2.45. The zero-order valence-electron chi connectivity index (χ0n) is 14.9. The van der Waals surface area contributed by atoms with Crippen molar-refractivity contribution in [2.75, 3.05) is 7.05 Å². The monoisotopic (exact) mass is 443 g/mol. The molecule has 0 saturated carbocycles. The van der Waals surface area contributed by atoms with Crippen molar-refractivity contribution in [1.29, 1.82) is 0 Å². The number of carbonyl (C=O) groups excluding carboxylic acids is 1. The molecule has 27 heavy (non-hydrogen) atoms. The first-order chi connectivity index (χ1) is 12.3. The van der Waals surface area contributed by atoms with E-state index in [-0.39, 0.29) is 21.0 Å². The van der Waals surface area contributed by atoms with Crippen molar-refractivity contribution in [2.24, 2.45) is 5.92 Å². The second-order valence-corrected chi connectivity index (χ2v) is 8.72. The fraction of sp³-hybridized carbons (Fsp3) is 0.438. The van der Waals surface area contributed by atoms with E-state index in [1.165, 1.54) is 37.1 Å². The average Bonchev–Trinajstić information content (AvgIpc) is 2.77. The largest absolute Gasteiger partial charge is 0.471 e. The first-order valence-corrected chi connectivity index (χ1v) is 9.70. The summed E-state index contributed by atoms with van der Waals surface area (Å²) >= 11 is 11.9. The number of nitrogens with zero attached hydrogens (tertiary/aromatic N) is 1. The number of amides is 1. The summed E-state index contributed by atoms with van der Waals surface area (Å²) < 4.78 is 51.3. The summed E-state index contributed by atoms with van der Waals surface area (Å²) in [5, 5.41) is 5.56. The molecule has 11 heteroatoms. The zero-order valence-corrected chi connectivity index (χ0v) is 17.2. The second kappa shape index (κ2) is 7.52. The molecule has 0 bridgehead atoms. The number of halogens is 5. The minimum Gasteiger partial charge on any atom is -0.347 e. The molecule has 1 aliphatic rings. The number of hydrogen-bond acceptors (Lipinski definition) is 4. The summed E-state index contributed by atoms with van der Waals surface area (Å²) in [6.07, 6.45) is -5.05. The number of nitrogens with one attached hydrogen (secondary N) is 2. The van der Waals surface area contributed by atoms with Crippen LogP contribution < -0.4 is 10.6 Å². The van der Waals surface area contributed by atoms with Gasteiger partial charge in [-0.2, -0.15) is 13.2 Å². The molecule has 1 aromatic carbocycles. The molecule has 0 aromatic heterocycles. The molecule has 0 radical (unpaired) electrons. The molecule has 1 amide bonds. The highest BCUT2D eigenvalue weighted by Crippen LogP contribution is 2.35. The van der Waals surface area contributed by atoms with Gasteiger partial charge in [-0.1, -0.05) is 37.0 Å². The second-order valence-electron chi connectivity index (χ2n) is 6.46. The third-order valence-corrected chi connectivity index (χ3v) is 5.95. The fourth-order valence-corrected chi connectivity index (χ4v) is 4.82. The molecule has 150 valence electrons. The molecule has 1 aliphatic heterocycles. The molecule has 0 spiro atoms. The van der Waals surface area contributed by atoms with Gasteiger partial charge >= 0.3 is 12.1 Å². The highest BCUT2D eigenvalue weighted by atomic mass is 35.5. The van der Waals surface area contributed by atoms with E-state index in [0.29, 0.717) is 10.6 Å². The normalized spacial score (nSPS) is 21.5. The summed E-state index contributed by atoms with van der Waals surface area (Å²) in [7, 11) is -0.358. The molecule has 2 rings (SSSR count). The van der Waals surface area contributed by atoms with Crippen LogP contribution in [0.5, 0.6) is 0 Å². The van der Waals surface area contributed by atoms with Gasteiger partial charge in [0.05, 0.1) is 5.70 Å². The van der Waals surface area contributed by atoms with Crippen molar-refractivity contribution in [3.63, 3.8) is 0 Å². The van der Waals surface area contributed by atoms with Crippen LogP contribution in [0.4, 0.5) is 13.2 Å². The van der Waals surface area contributed by atoms with E-state index in [2.05, 4.69) is 5.32 Å². The predicted molar refractivity (Wildman–Crippen MR) is 98.2 cm³/mol. The highest BCUT2D eigenvalue weighted by Gasteiger charge is 2.48. The number of alkyl halides is 3. The van der Waals surface area contributed by atoms with Crippen molar-refractivity contribution in [3.8, 4) is 0 Å². The number of allylic oxidation sites excluding steroid dienone is 1. The molecule has 2 N–H and O–H groups in total. The quantitative estimate of drug-likeness (QED) is 0.742. The SMILES string of the molecule is CC(C)C1=C(S(=O)c2cc(Cl)cc(Cl)c2)N(C)C(C)(NC(=O)C(F)(F)F)N1. The fourth-order valence-electron chi connectivity index (χ4n) is 2.55. The molecule has 1 heterocycles. The number of hydrogen-bond donors (Lipinski definition) is 2. The Morgan fingerprint density at radius 3 is 2.22 bits per heavy atom. The van der Waals surface area contributed by atoms with Crippen LogP contribution in [-0.2, 0) is 15.6 Å². The van der Waals surface area contributed by atoms with E-state index in [1.54, 1.807) is 13.8 Å². The smallest absolute Gasteiger partial charge is 0.347 e. The van der Waals surface area contributed by atoms with E-state index in [0.717, 1.165) is 0 Å². The zero-order chi connectivity index (χ0) is 20.7. The maximum absolute atomic E-state index is 13.2. The third-order valence-electron chi connectivity index (χ3n) is 4.00.